The lowest BCUT2D eigenvalue weighted by Gasteiger charge is -2.24. The Kier molecular flexibility index (Phi) is 21.6. The summed E-state index contributed by atoms with van der Waals surface area (Å²) in [6, 6.07) is 20.8. The molecule has 0 unspecified atom stereocenters. The molecule has 0 saturated heterocycles. The van der Waals surface area contributed by atoms with Gasteiger partial charge in [0.15, 0.2) is 0 Å². The largest absolute Gasteiger partial charge is 0.491 e. The molecule has 12 nitrogen and oxygen atoms in total. The van der Waals surface area contributed by atoms with Crippen LogP contribution in [-0.4, -0.2) is 120 Å². The molecule has 2 N–H and O–H groups in total. The number of nitrogens with one attached hydrogen (secondary N) is 1. The van der Waals surface area contributed by atoms with E-state index in [0.29, 0.717) is 59.3 Å². The maximum atomic E-state index is 12.4. The van der Waals surface area contributed by atoms with Crippen molar-refractivity contribution in [2.24, 2.45) is 0 Å². The number of anilines is 1. The van der Waals surface area contributed by atoms with E-state index in [9.17, 15) is 9.59 Å². The predicted molar refractivity (Wildman–Crippen MR) is 211 cm³/mol. The van der Waals surface area contributed by atoms with E-state index in [1.807, 2.05) is 24.3 Å². The third-order valence-electron chi connectivity index (χ3n) is 8.97. The van der Waals surface area contributed by atoms with Crippen molar-refractivity contribution in [1.29, 1.82) is 0 Å². The van der Waals surface area contributed by atoms with E-state index >= 15 is 0 Å². The molecule has 0 radical (unpaired) electrons. The zero-order valence-electron chi connectivity index (χ0n) is 31.8. The minimum absolute atomic E-state index is 0. The fraction of sp³-hybridized carbons (Fsp3) is 0.537. The Morgan fingerprint density at radius 2 is 1.54 bits per heavy atom. The van der Waals surface area contributed by atoms with Crippen LogP contribution in [0.3, 0.4) is 0 Å². The van der Waals surface area contributed by atoms with Crippen molar-refractivity contribution in [2.45, 2.75) is 50.9 Å². The number of aromatic nitrogens is 1. The molecule has 0 saturated carbocycles. The number of fused-ring (bicyclic) bond motifs is 1. The lowest BCUT2D eigenvalue weighted by atomic mass is 9.92. The summed E-state index contributed by atoms with van der Waals surface area (Å²) in [6.45, 7) is 6.28. The highest BCUT2D eigenvalue weighted by Gasteiger charge is 2.19. The van der Waals surface area contributed by atoms with E-state index in [1.165, 1.54) is 19.1 Å². The second-order valence-corrected chi connectivity index (χ2v) is 13.1. The Morgan fingerprint density at radius 1 is 0.852 bits per heavy atom. The molecular formula is C41H58ClN3O9. The molecule has 2 heterocycles. The van der Waals surface area contributed by atoms with Gasteiger partial charge in [0.25, 0.3) is 0 Å². The second-order valence-electron chi connectivity index (χ2n) is 13.1. The van der Waals surface area contributed by atoms with Gasteiger partial charge in [-0.25, -0.2) is 4.98 Å². The summed E-state index contributed by atoms with van der Waals surface area (Å²) in [6.07, 6.45) is 5.65. The van der Waals surface area contributed by atoms with Crippen molar-refractivity contribution >= 4 is 30.2 Å². The van der Waals surface area contributed by atoms with Crippen molar-refractivity contribution < 1.29 is 43.1 Å². The number of halogens is 1. The molecule has 1 aliphatic heterocycles. The number of methoxy groups -OCH3 is 1. The number of carboxylic acids is 1. The van der Waals surface area contributed by atoms with Gasteiger partial charge < -0.3 is 43.7 Å². The number of aryl methyl sites for hydroxylation is 2. The van der Waals surface area contributed by atoms with Crippen LogP contribution < -0.4 is 10.1 Å². The number of hydrogen-bond acceptors (Lipinski definition) is 11. The Balaban J connectivity index is 0.00000784. The first-order valence-electron chi connectivity index (χ1n) is 18.7. The van der Waals surface area contributed by atoms with Crippen LogP contribution in [0.1, 0.15) is 54.8 Å². The van der Waals surface area contributed by atoms with E-state index in [4.69, 9.17) is 38.5 Å². The van der Waals surface area contributed by atoms with Gasteiger partial charge in [0.1, 0.15) is 18.2 Å². The van der Waals surface area contributed by atoms with Crippen molar-refractivity contribution in [3.63, 3.8) is 0 Å². The molecule has 54 heavy (non-hydrogen) atoms. The van der Waals surface area contributed by atoms with Gasteiger partial charge >= 0.3 is 11.9 Å². The molecule has 0 spiro atoms. The van der Waals surface area contributed by atoms with Crippen LogP contribution in [0, 0.1) is 0 Å². The van der Waals surface area contributed by atoms with Crippen LogP contribution >= 0.6 is 12.4 Å². The number of carbonyl (C=O) groups is 2. The number of likely N-dealkylation sites (N-methyl/N-ethyl adjacent to an activating group) is 1. The highest BCUT2D eigenvalue weighted by atomic mass is 35.5. The molecule has 4 rings (SSSR count). The first-order valence-corrected chi connectivity index (χ1v) is 18.7. The monoisotopic (exact) mass is 771 g/mol. The molecule has 1 aromatic heterocycles. The Bertz CT molecular complexity index is 1510. The van der Waals surface area contributed by atoms with Crippen molar-refractivity contribution in [1.82, 2.24) is 9.88 Å². The third-order valence-corrected chi connectivity index (χ3v) is 8.97. The molecule has 0 amide bonds. The van der Waals surface area contributed by atoms with Crippen molar-refractivity contribution in [2.75, 3.05) is 98.6 Å². The summed E-state index contributed by atoms with van der Waals surface area (Å²) < 4.78 is 32.6. The van der Waals surface area contributed by atoms with Gasteiger partial charge in [-0.15, -0.1) is 12.4 Å². The number of hydrogen-bond donors (Lipinski definition) is 2. The molecule has 0 fully saturated rings. The molecule has 298 valence electrons. The summed E-state index contributed by atoms with van der Waals surface area (Å²) in [5.74, 6) is 0.738. The third kappa shape index (κ3) is 17.1. The van der Waals surface area contributed by atoms with Crippen LogP contribution in [0.5, 0.6) is 5.75 Å². The Morgan fingerprint density at radius 3 is 2.22 bits per heavy atom. The summed E-state index contributed by atoms with van der Waals surface area (Å²) in [7, 11) is 3.57. The number of carboxylic acid groups (broad SMARTS) is 1. The minimum atomic E-state index is -0.876. The highest BCUT2D eigenvalue weighted by molar-refractivity contribution is 5.85. The van der Waals surface area contributed by atoms with Gasteiger partial charge in [-0.1, -0.05) is 42.5 Å². The average Bonchev–Trinajstić information content (AvgIpc) is 3.17. The summed E-state index contributed by atoms with van der Waals surface area (Å²) in [5.41, 5.74) is 5.72. The van der Waals surface area contributed by atoms with Gasteiger partial charge in [0, 0.05) is 24.7 Å². The number of ether oxygens (including phenoxy) is 6. The molecule has 1 atom stereocenters. The quantitative estimate of drug-likeness (QED) is 0.0690. The summed E-state index contributed by atoms with van der Waals surface area (Å²) in [4.78, 5) is 30.0. The normalized spacial score (nSPS) is 12.7. The number of esters is 1. The van der Waals surface area contributed by atoms with Gasteiger partial charge in [-0.3, -0.25) is 9.59 Å². The van der Waals surface area contributed by atoms with E-state index in [-0.39, 0.29) is 37.3 Å². The molecule has 0 bridgehead atoms. The fourth-order valence-corrected chi connectivity index (χ4v) is 6.09. The number of pyridine rings is 1. The highest BCUT2D eigenvalue weighted by Crippen LogP contribution is 2.28. The summed E-state index contributed by atoms with van der Waals surface area (Å²) >= 11 is 0. The van der Waals surface area contributed by atoms with E-state index in [1.54, 1.807) is 0 Å². The average molecular weight is 772 g/mol. The van der Waals surface area contributed by atoms with E-state index < -0.39 is 5.97 Å². The summed E-state index contributed by atoms with van der Waals surface area (Å²) in [5, 5.41) is 12.0. The van der Waals surface area contributed by atoms with Gasteiger partial charge in [0.2, 0.25) is 0 Å². The predicted octanol–water partition coefficient (Wildman–Crippen LogP) is 6.05. The zero-order chi connectivity index (χ0) is 37.5. The van der Waals surface area contributed by atoms with Crippen LogP contribution in [0.15, 0.2) is 60.7 Å². The Hall–Kier alpha value is -3.78. The minimum Gasteiger partial charge on any atom is -0.491 e. The van der Waals surface area contributed by atoms with Gasteiger partial charge in [-0.2, -0.15) is 0 Å². The number of nitrogens with zero attached hydrogens (tertiary/aromatic N) is 2. The lowest BCUT2D eigenvalue weighted by Crippen LogP contribution is -2.27. The van der Waals surface area contributed by atoms with Crippen molar-refractivity contribution in [3.05, 3.63) is 77.5 Å². The smallest absolute Gasteiger partial charge is 0.306 e. The maximum absolute atomic E-state index is 12.4. The molecule has 1 aliphatic rings. The van der Waals surface area contributed by atoms with E-state index in [2.05, 4.69) is 53.7 Å². The number of unbranched alkanes of at least 4 members (excludes halogenated alkanes) is 1. The molecule has 0 aliphatic carbocycles. The van der Waals surface area contributed by atoms with Crippen LogP contribution in [0.25, 0.3) is 11.1 Å². The van der Waals surface area contributed by atoms with Gasteiger partial charge in [0.05, 0.1) is 72.8 Å². The molecule has 13 heteroatoms. The lowest BCUT2D eigenvalue weighted by molar-refractivity contribution is -0.141. The number of benzene rings is 2. The second kappa shape index (κ2) is 26.1. The van der Waals surface area contributed by atoms with Crippen molar-refractivity contribution in [3.8, 4) is 16.9 Å². The SMILES string of the molecule is COC(=O)C[C@H](CN(C)CCCCc1ccc2c(n1)NCCC2)c1cccc(-c2ccc(OCCOCCOCCOCCOCCC(=O)O)cc2)c1.Cl. The number of rotatable bonds is 27. The standard InChI is InChI=1S/C41H57N3O9.ClH/c1-44(19-4-3-10-37-14-11-33-9-6-18-42-41(33)43-37)31-36(30-40(47)48-2)35-8-5-7-34(29-35)32-12-15-38(16-13-32)53-28-27-52-26-25-51-24-23-50-22-21-49-20-17-39(45)46;/h5,7-8,11-16,29,36H,3-4,6,9-10,17-28,30-31H2,1-2H3,(H,42,43)(H,45,46);1H/t36-;/m1./s1. The maximum Gasteiger partial charge on any atom is 0.306 e. The van der Waals surface area contributed by atoms with E-state index in [0.717, 1.165) is 79.3 Å². The van der Waals surface area contributed by atoms with Crippen LogP contribution in [0.4, 0.5) is 5.82 Å². The number of aliphatic carboxylic acids is 1. The van der Waals surface area contributed by atoms with Crippen LogP contribution in [0.2, 0.25) is 0 Å². The van der Waals surface area contributed by atoms with Crippen LogP contribution in [-0.2, 0) is 46.1 Å². The number of carbonyl (C=O) groups excluding carboxylic acids is 1. The first kappa shape index (κ1) is 44.6. The molecule has 3 aromatic rings. The fourth-order valence-electron chi connectivity index (χ4n) is 6.09. The molecular weight excluding hydrogens is 714 g/mol. The Labute approximate surface area is 326 Å². The molecule has 2 aromatic carbocycles. The first-order chi connectivity index (χ1) is 25.9. The van der Waals surface area contributed by atoms with Gasteiger partial charge in [-0.05, 0) is 86.1 Å². The zero-order valence-corrected chi connectivity index (χ0v) is 32.6. The topological polar surface area (TPSA) is 138 Å².